The molecule has 1 N–H and O–H groups in total. The Bertz CT molecular complexity index is 900. The second kappa shape index (κ2) is 6.20. The van der Waals surface area contributed by atoms with Crippen LogP contribution in [0.2, 0.25) is 0 Å². The highest BCUT2D eigenvalue weighted by Crippen LogP contribution is 2.26. The fourth-order valence-electron chi connectivity index (χ4n) is 2.54. The lowest BCUT2D eigenvalue weighted by molar-refractivity contribution is 0.102. The highest BCUT2D eigenvalue weighted by molar-refractivity contribution is 7.93. The second-order valence-electron chi connectivity index (χ2n) is 5.37. The Morgan fingerprint density at radius 3 is 2.58 bits per heavy atom. The van der Waals surface area contributed by atoms with Crippen molar-refractivity contribution in [2.45, 2.75) is 6.42 Å². The lowest BCUT2D eigenvalue weighted by atomic mass is 10.2. The Morgan fingerprint density at radius 1 is 1.12 bits per heavy atom. The van der Waals surface area contributed by atoms with Gasteiger partial charge in [-0.2, -0.15) is 0 Å². The number of sulfonamides is 1. The SMILES string of the molecule is O=C(Nc1cccc(N2CCCS2(=O)=O)c1)c1ccc(F)cc1F. The van der Waals surface area contributed by atoms with Crippen molar-refractivity contribution in [3.8, 4) is 0 Å². The van der Waals surface area contributed by atoms with Crippen LogP contribution in [0, 0.1) is 11.6 Å². The molecule has 1 amide bonds. The van der Waals surface area contributed by atoms with Crippen LogP contribution in [0.25, 0.3) is 0 Å². The molecule has 1 aliphatic rings. The van der Waals surface area contributed by atoms with Crippen LogP contribution >= 0.6 is 0 Å². The largest absolute Gasteiger partial charge is 0.322 e. The molecule has 0 bridgehead atoms. The van der Waals surface area contributed by atoms with E-state index in [-0.39, 0.29) is 11.3 Å². The summed E-state index contributed by atoms with van der Waals surface area (Å²) in [4.78, 5) is 12.1. The van der Waals surface area contributed by atoms with Gasteiger partial charge < -0.3 is 5.32 Å². The van der Waals surface area contributed by atoms with Crippen LogP contribution in [0.1, 0.15) is 16.8 Å². The van der Waals surface area contributed by atoms with Crippen LogP contribution in [0.5, 0.6) is 0 Å². The summed E-state index contributed by atoms with van der Waals surface area (Å²) in [7, 11) is -3.33. The van der Waals surface area contributed by atoms with E-state index in [0.29, 0.717) is 30.4 Å². The average Bonchev–Trinajstić information content (AvgIpc) is 2.86. The first-order valence-electron chi connectivity index (χ1n) is 7.24. The summed E-state index contributed by atoms with van der Waals surface area (Å²) in [5.41, 5.74) is 0.462. The van der Waals surface area contributed by atoms with E-state index in [1.807, 2.05) is 0 Å². The van der Waals surface area contributed by atoms with Crippen molar-refractivity contribution in [3.63, 3.8) is 0 Å². The second-order valence-corrected chi connectivity index (χ2v) is 7.38. The smallest absolute Gasteiger partial charge is 0.258 e. The summed E-state index contributed by atoms with van der Waals surface area (Å²) >= 11 is 0. The Labute approximate surface area is 138 Å². The van der Waals surface area contributed by atoms with Crippen molar-refractivity contribution >= 4 is 27.3 Å². The molecule has 0 radical (unpaired) electrons. The minimum Gasteiger partial charge on any atom is -0.322 e. The number of rotatable bonds is 3. The van der Waals surface area contributed by atoms with Gasteiger partial charge in [0.05, 0.1) is 17.0 Å². The van der Waals surface area contributed by atoms with E-state index < -0.39 is 27.6 Å². The van der Waals surface area contributed by atoms with E-state index in [4.69, 9.17) is 0 Å². The molecule has 1 heterocycles. The average molecular weight is 352 g/mol. The monoisotopic (exact) mass is 352 g/mol. The molecule has 5 nitrogen and oxygen atoms in total. The summed E-state index contributed by atoms with van der Waals surface area (Å²) in [5, 5.41) is 2.49. The Balaban J connectivity index is 1.83. The molecule has 126 valence electrons. The molecule has 0 aliphatic carbocycles. The summed E-state index contributed by atoms with van der Waals surface area (Å²) in [6.07, 6.45) is 0.541. The van der Waals surface area contributed by atoms with Crippen molar-refractivity contribution in [3.05, 3.63) is 59.7 Å². The van der Waals surface area contributed by atoms with Crippen molar-refractivity contribution in [2.75, 3.05) is 21.9 Å². The fourth-order valence-corrected chi connectivity index (χ4v) is 4.10. The van der Waals surface area contributed by atoms with Crippen LogP contribution in [-0.4, -0.2) is 26.6 Å². The summed E-state index contributed by atoms with van der Waals surface area (Å²) in [5.74, 6) is -2.39. The number of amides is 1. The van der Waals surface area contributed by atoms with Gasteiger partial charge in [0, 0.05) is 18.3 Å². The van der Waals surface area contributed by atoms with Gasteiger partial charge in [0.15, 0.2) is 0 Å². The number of benzene rings is 2. The number of halogens is 2. The van der Waals surface area contributed by atoms with E-state index in [1.54, 1.807) is 18.2 Å². The van der Waals surface area contributed by atoms with Gasteiger partial charge in [-0.05, 0) is 36.8 Å². The number of hydrogen-bond acceptors (Lipinski definition) is 3. The zero-order valence-electron chi connectivity index (χ0n) is 12.5. The van der Waals surface area contributed by atoms with Gasteiger partial charge in [0.25, 0.3) is 5.91 Å². The van der Waals surface area contributed by atoms with Gasteiger partial charge in [-0.15, -0.1) is 0 Å². The van der Waals surface area contributed by atoms with Crippen LogP contribution in [0.15, 0.2) is 42.5 Å². The molecule has 2 aromatic carbocycles. The number of hydrogen-bond donors (Lipinski definition) is 1. The first kappa shape index (κ1) is 16.4. The molecule has 0 unspecified atom stereocenters. The molecule has 1 saturated heterocycles. The lowest BCUT2D eigenvalue weighted by Crippen LogP contribution is -2.25. The maximum absolute atomic E-state index is 13.6. The van der Waals surface area contributed by atoms with Gasteiger partial charge in [0.1, 0.15) is 11.6 Å². The van der Waals surface area contributed by atoms with E-state index in [2.05, 4.69) is 5.32 Å². The number of nitrogens with one attached hydrogen (secondary N) is 1. The molecule has 2 aromatic rings. The third-order valence-corrected chi connectivity index (χ3v) is 5.54. The molecule has 0 spiro atoms. The van der Waals surface area contributed by atoms with Gasteiger partial charge in [-0.3, -0.25) is 9.10 Å². The first-order chi connectivity index (χ1) is 11.4. The van der Waals surface area contributed by atoms with E-state index in [1.165, 1.54) is 10.4 Å². The standard InChI is InChI=1S/C16H14F2N2O3S/c17-11-5-6-14(15(18)9-11)16(21)19-12-3-1-4-13(10-12)20-7-2-8-24(20,22)23/h1,3-6,9-10H,2,7-8H2,(H,19,21). The molecule has 0 saturated carbocycles. The summed E-state index contributed by atoms with van der Waals surface area (Å²) in [6.45, 7) is 0.381. The van der Waals surface area contributed by atoms with Gasteiger partial charge in [-0.1, -0.05) is 6.07 Å². The van der Waals surface area contributed by atoms with Crippen LogP contribution < -0.4 is 9.62 Å². The minimum absolute atomic E-state index is 0.0877. The van der Waals surface area contributed by atoms with Crippen molar-refractivity contribution in [2.24, 2.45) is 0 Å². The minimum atomic E-state index is -3.33. The van der Waals surface area contributed by atoms with E-state index in [9.17, 15) is 22.0 Å². The number of anilines is 2. The third kappa shape index (κ3) is 3.23. The van der Waals surface area contributed by atoms with Crippen molar-refractivity contribution < 1.29 is 22.0 Å². The molecule has 3 rings (SSSR count). The van der Waals surface area contributed by atoms with Gasteiger partial charge >= 0.3 is 0 Å². The molecule has 24 heavy (non-hydrogen) atoms. The number of carbonyl (C=O) groups is 1. The molecular formula is C16H14F2N2O3S. The quantitative estimate of drug-likeness (QED) is 0.924. The molecule has 0 atom stereocenters. The topological polar surface area (TPSA) is 66.5 Å². The summed E-state index contributed by atoms with van der Waals surface area (Å²) in [6, 6.07) is 8.95. The molecule has 8 heteroatoms. The van der Waals surface area contributed by atoms with Crippen LogP contribution in [0.3, 0.4) is 0 Å². The zero-order chi connectivity index (χ0) is 17.3. The molecular weight excluding hydrogens is 338 g/mol. The van der Waals surface area contributed by atoms with Crippen LogP contribution in [-0.2, 0) is 10.0 Å². The Morgan fingerprint density at radius 2 is 1.92 bits per heavy atom. The normalized spacial score (nSPS) is 16.2. The lowest BCUT2D eigenvalue weighted by Gasteiger charge is -2.17. The van der Waals surface area contributed by atoms with E-state index >= 15 is 0 Å². The highest BCUT2D eigenvalue weighted by atomic mass is 32.2. The maximum atomic E-state index is 13.6. The Hall–Kier alpha value is -2.48. The van der Waals surface area contributed by atoms with Crippen LogP contribution in [0.4, 0.5) is 20.2 Å². The molecule has 1 fully saturated rings. The Kier molecular flexibility index (Phi) is 4.23. The number of nitrogens with zero attached hydrogens (tertiary/aromatic N) is 1. The number of carbonyl (C=O) groups excluding carboxylic acids is 1. The van der Waals surface area contributed by atoms with Gasteiger partial charge in [-0.25, -0.2) is 17.2 Å². The van der Waals surface area contributed by atoms with Crippen molar-refractivity contribution in [1.82, 2.24) is 0 Å². The molecule has 0 aromatic heterocycles. The van der Waals surface area contributed by atoms with E-state index in [0.717, 1.165) is 12.1 Å². The maximum Gasteiger partial charge on any atom is 0.258 e. The third-order valence-electron chi connectivity index (χ3n) is 3.67. The predicted molar refractivity (Wildman–Crippen MR) is 86.5 cm³/mol. The predicted octanol–water partition coefficient (Wildman–Crippen LogP) is 2.76. The van der Waals surface area contributed by atoms with Gasteiger partial charge in [0.2, 0.25) is 10.0 Å². The molecule has 1 aliphatic heterocycles. The zero-order valence-corrected chi connectivity index (χ0v) is 13.3. The summed E-state index contributed by atoms with van der Waals surface area (Å²) < 4.78 is 51.7. The fraction of sp³-hybridized carbons (Fsp3) is 0.188. The first-order valence-corrected chi connectivity index (χ1v) is 8.85. The highest BCUT2D eigenvalue weighted by Gasteiger charge is 2.28. The van der Waals surface area contributed by atoms with Crippen molar-refractivity contribution in [1.29, 1.82) is 0 Å².